The van der Waals surface area contributed by atoms with E-state index in [2.05, 4.69) is 62.3 Å². The summed E-state index contributed by atoms with van der Waals surface area (Å²) in [5.74, 6) is 15.9. The maximum absolute atomic E-state index is 2.76. The molecule has 0 aromatic heterocycles. The molecule has 0 aliphatic heterocycles. The summed E-state index contributed by atoms with van der Waals surface area (Å²) < 4.78 is 0. The van der Waals surface area contributed by atoms with E-state index in [9.17, 15) is 0 Å². The first-order chi connectivity index (χ1) is 23.4. The molecule has 15 unspecified atom stereocenters. The Morgan fingerprint density at radius 1 is 0.429 bits per heavy atom. The summed E-state index contributed by atoms with van der Waals surface area (Å²) >= 11 is 0. The normalized spacial score (nSPS) is 49.8. The minimum atomic E-state index is 0.494. The summed E-state index contributed by atoms with van der Waals surface area (Å²) in [6.07, 6.45) is 32.8. The van der Waals surface area contributed by atoms with Crippen LogP contribution < -0.4 is 0 Å². The van der Waals surface area contributed by atoms with Crippen molar-refractivity contribution in [3.63, 3.8) is 0 Å². The Bertz CT molecular complexity index is 1120. The first-order valence-electron chi connectivity index (χ1n) is 23.4. The van der Waals surface area contributed by atoms with E-state index in [0.29, 0.717) is 21.7 Å². The van der Waals surface area contributed by atoms with Gasteiger partial charge in [-0.1, -0.05) is 107 Å². The van der Waals surface area contributed by atoms with E-state index in [1.165, 1.54) is 25.7 Å². The van der Waals surface area contributed by atoms with E-state index in [1.807, 2.05) is 0 Å². The summed E-state index contributed by atoms with van der Waals surface area (Å²) in [6, 6.07) is 0. The van der Waals surface area contributed by atoms with Crippen molar-refractivity contribution in [3.8, 4) is 0 Å². The molecule has 0 amide bonds. The van der Waals surface area contributed by atoms with Crippen molar-refractivity contribution in [1.29, 1.82) is 0 Å². The first kappa shape index (κ1) is 36.0. The Kier molecular flexibility index (Phi) is 9.62. The third-order valence-electron chi connectivity index (χ3n) is 21.3. The quantitative estimate of drug-likeness (QED) is 0.263. The molecule has 0 heterocycles. The molecule has 8 aliphatic rings. The Hall–Kier alpha value is 0. The number of fused-ring (bicyclic) bond motifs is 13. The molecule has 8 saturated carbocycles. The first-order valence-corrected chi connectivity index (χ1v) is 23.4. The summed E-state index contributed by atoms with van der Waals surface area (Å²) in [5, 5.41) is 0. The molecule has 0 saturated heterocycles. The van der Waals surface area contributed by atoms with Crippen LogP contribution >= 0.6 is 0 Å². The van der Waals surface area contributed by atoms with E-state index < -0.39 is 0 Å². The molecule has 8 aliphatic carbocycles. The Balaban J connectivity index is 1.22. The van der Waals surface area contributed by atoms with Crippen LogP contribution in [0.2, 0.25) is 0 Å². The van der Waals surface area contributed by atoms with Gasteiger partial charge in [0.05, 0.1) is 0 Å². The summed E-state index contributed by atoms with van der Waals surface area (Å²) in [4.78, 5) is 0. The van der Waals surface area contributed by atoms with Gasteiger partial charge in [-0.3, -0.25) is 0 Å². The van der Waals surface area contributed by atoms with Crippen molar-refractivity contribution < 1.29 is 0 Å². The van der Waals surface area contributed by atoms with Gasteiger partial charge in [-0.05, 0) is 200 Å². The van der Waals surface area contributed by atoms with Crippen molar-refractivity contribution in [1.82, 2.24) is 0 Å². The van der Waals surface area contributed by atoms with E-state index in [4.69, 9.17) is 0 Å². The molecule has 8 rings (SSSR count). The predicted molar refractivity (Wildman–Crippen MR) is 210 cm³/mol. The fraction of sp³-hybridized carbons (Fsp3) is 1.00. The largest absolute Gasteiger partial charge is 0.0649 e. The van der Waals surface area contributed by atoms with Crippen molar-refractivity contribution >= 4 is 0 Å². The SMILES string of the molecule is CCC(C)(CC)C1CC(C(C)(CC)CC)CC2(C1)C1CCC3CC(C(C)(C)C)CCC3C1C1C3C(CCC12)CC1C2CCCCC2CCC13. The van der Waals surface area contributed by atoms with Gasteiger partial charge in [-0.2, -0.15) is 0 Å². The lowest BCUT2D eigenvalue weighted by Crippen LogP contribution is -2.50. The topological polar surface area (TPSA) is 0 Å². The second-order valence-corrected chi connectivity index (χ2v) is 23.0. The molecule has 8 fully saturated rings. The molecular formula is C49H84. The molecule has 49 heavy (non-hydrogen) atoms. The minimum Gasteiger partial charge on any atom is -0.0649 e. The Morgan fingerprint density at radius 2 is 1.00 bits per heavy atom. The maximum atomic E-state index is 2.76. The average molecular weight is 673 g/mol. The van der Waals surface area contributed by atoms with Crippen LogP contribution in [-0.2, 0) is 0 Å². The highest BCUT2D eigenvalue weighted by Crippen LogP contribution is 2.77. The summed E-state index contributed by atoms with van der Waals surface area (Å²) in [5.41, 5.74) is 2.20. The number of hydrogen-bond donors (Lipinski definition) is 0. The molecule has 0 bridgehead atoms. The third kappa shape index (κ3) is 5.57. The van der Waals surface area contributed by atoms with Gasteiger partial charge in [0.1, 0.15) is 0 Å². The highest BCUT2D eigenvalue weighted by Gasteiger charge is 2.70. The van der Waals surface area contributed by atoms with Crippen LogP contribution in [0.1, 0.15) is 197 Å². The van der Waals surface area contributed by atoms with Gasteiger partial charge in [0.25, 0.3) is 0 Å². The van der Waals surface area contributed by atoms with Gasteiger partial charge < -0.3 is 0 Å². The fourth-order valence-electron chi connectivity index (χ4n) is 17.9. The molecule has 0 aromatic carbocycles. The average Bonchev–Trinajstić information content (AvgIpc) is 3.63. The summed E-state index contributed by atoms with van der Waals surface area (Å²) in [7, 11) is 0. The van der Waals surface area contributed by atoms with Crippen LogP contribution in [0, 0.1) is 110 Å². The lowest BCUT2D eigenvalue weighted by molar-refractivity contribution is -0.0927. The molecule has 0 nitrogen and oxygen atoms in total. The monoisotopic (exact) mass is 673 g/mol. The number of rotatable bonds is 6. The maximum Gasteiger partial charge on any atom is -0.0230 e. The van der Waals surface area contributed by atoms with Crippen LogP contribution in [0.5, 0.6) is 0 Å². The zero-order chi connectivity index (χ0) is 34.5. The lowest BCUT2D eigenvalue weighted by atomic mass is 9.46. The smallest absolute Gasteiger partial charge is 0.0230 e. The van der Waals surface area contributed by atoms with Crippen LogP contribution in [0.25, 0.3) is 0 Å². The van der Waals surface area contributed by atoms with Crippen LogP contribution in [0.15, 0.2) is 0 Å². The molecular weight excluding hydrogens is 589 g/mol. The zero-order valence-electron chi connectivity index (χ0n) is 34.5. The number of hydrogen-bond acceptors (Lipinski definition) is 0. The highest BCUT2D eigenvalue weighted by atomic mass is 14.7. The molecule has 280 valence electrons. The standard InChI is InChI=1S/C49H84/c1-10-47(8,11-2)35-28-36(48(9,12-3)13-4)30-49(29-35)41-24-19-32-26-34(46(5,6)7)21-23-38(32)44(41)45-42(49)25-20-33-27-40-37-17-15-14-16-31(37)18-22-39(40)43(33)45/h31-45H,10-30H2,1-9H3. The van der Waals surface area contributed by atoms with Gasteiger partial charge in [-0.15, -0.1) is 0 Å². The lowest BCUT2D eigenvalue weighted by Gasteiger charge is -2.59. The van der Waals surface area contributed by atoms with Gasteiger partial charge in [-0.25, -0.2) is 0 Å². The molecule has 0 aromatic rings. The van der Waals surface area contributed by atoms with E-state index in [0.717, 1.165) is 88.8 Å². The van der Waals surface area contributed by atoms with Gasteiger partial charge in [0.15, 0.2) is 0 Å². The van der Waals surface area contributed by atoms with E-state index >= 15 is 0 Å². The molecule has 0 heteroatoms. The third-order valence-corrected chi connectivity index (χ3v) is 21.3. The van der Waals surface area contributed by atoms with Crippen molar-refractivity contribution in [2.45, 2.75) is 197 Å². The second kappa shape index (κ2) is 13.1. The predicted octanol–water partition coefficient (Wildman–Crippen LogP) is 14.7. The van der Waals surface area contributed by atoms with Crippen molar-refractivity contribution in [2.24, 2.45) is 110 Å². The Morgan fingerprint density at radius 3 is 1.63 bits per heavy atom. The molecule has 1 spiro atoms. The van der Waals surface area contributed by atoms with Crippen LogP contribution in [-0.4, -0.2) is 0 Å². The van der Waals surface area contributed by atoms with Gasteiger partial charge >= 0.3 is 0 Å². The molecule has 0 radical (unpaired) electrons. The minimum absolute atomic E-state index is 0.494. The van der Waals surface area contributed by atoms with Crippen LogP contribution in [0.3, 0.4) is 0 Å². The highest BCUT2D eigenvalue weighted by molar-refractivity contribution is 5.19. The van der Waals surface area contributed by atoms with E-state index in [-0.39, 0.29) is 0 Å². The fourth-order valence-corrected chi connectivity index (χ4v) is 17.9. The van der Waals surface area contributed by atoms with Gasteiger partial charge in [0, 0.05) is 0 Å². The Labute approximate surface area is 306 Å². The van der Waals surface area contributed by atoms with E-state index in [1.54, 1.807) is 109 Å². The van der Waals surface area contributed by atoms with Gasteiger partial charge in [0.2, 0.25) is 0 Å². The second-order valence-electron chi connectivity index (χ2n) is 23.0. The zero-order valence-corrected chi connectivity index (χ0v) is 34.5. The van der Waals surface area contributed by atoms with Crippen molar-refractivity contribution in [3.05, 3.63) is 0 Å². The summed E-state index contributed by atoms with van der Waals surface area (Å²) in [6.45, 7) is 23.6. The van der Waals surface area contributed by atoms with Crippen molar-refractivity contribution in [2.75, 3.05) is 0 Å². The molecule has 15 atom stereocenters. The molecule has 0 N–H and O–H groups in total. The van der Waals surface area contributed by atoms with Crippen LogP contribution in [0.4, 0.5) is 0 Å².